The van der Waals surface area contributed by atoms with Crippen LogP contribution in [-0.4, -0.2) is 18.2 Å². The van der Waals surface area contributed by atoms with Crippen LogP contribution in [0.4, 0.5) is 4.39 Å². The normalized spacial score (nSPS) is 10.9. The molecule has 0 saturated carbocycles. The average molecular weight is 252 g/mol. The lowest BCUT2D eigenvalue weighted by Gasteiger charge is -2.20. The number of carbonyl (C=O) groups is 1. The Kier molecular flexibility index (Phi) is 4.48. The van der Waals surface area contributed by atoms with Crippen LogP contribution in [0.5, 0.6) is 5.75 Å². The first-order chi connectivity index (χ1) is 8.29. The molecule has 0 radical (unpaired) electrons. The van der Waals surface area contributed by atoms with Crippen molar-refractivity contribution in [1.82, 2.24) is 0 Å². The Hall–Kier alpha value is -1.84. The SMILES string of the molecule is C=C(F)COc1ccccc1C(=O)OC(C)(C)C. The van der Waals surface area contributed by atoms with Crippen molar-refractivity contribution in [3.05, 3.63) is 42.2 Å². The van der Waals surface area contributed by atoms with E-state index in [0.717, 1.165) is 0 Å². The number of esters is 1. The smallest absolute Gasteiger partial charge is 0.342 e. The number of ether oxygens (including phenoxy) is 2. The summed E-state index contributed by atoms with van der Waals surface area (Å²) in [6.07, 6.45) is 0. The summed E-state index contributed by atoms with van der Waals surface area (Å²) in [5, 5.41) is 0. The van der Waals surface area contributed by atoms with Crippen molar-refractivity contribution in [3.8, 4) is 5.75 Å². The van der Waals surface area contributed by atoms with Crippen LogP contribution < -0.4 is 4.74 Å². The van der Waals surface area contributed by atoms with Crippen LogP contribution in [-0.2, 0) is 4.74 Å². The van der Waals surface area contributed by atoms with E-state index in [0.29, 0.717) is 0 Å². The summed E-state index contributed by atoms with van der Waals surface area (Å²) in [5.41, 5.74) is -0.317. The Morgan fingerprint density at radius 3 is 2.50 bits per heavy atom. The van der Waals surface area contributed by atoms with Crippen molar-refractivity contribution in [2.45, 2.75) is 26.4 Å². The highest BCUT2D eigenvalue weighted by Crippen LogP contribution is 2.22. The third kappa shape index (κ3) is 4.57. The van der Waals surface area contributed by atoms with Gasteiger partial charge in [0.1, 0.15) is 29.3 Å². The van der Waals surface area contributed by atoms with E-state index in [1.54, 1.807) is 45.0 Å². The molecule has 4 heteroatoms. The van der Waals surface area contributed by atoms with Crippen LogP contribution in [0, 0.1) is 0 Å². The summed E-state index contributed by atoms with van der Waals surface area (Å²) in [4.78, 5) is 11.9. The van der Waals surface area contributed by atoms with Crippen LogP contribution in [0.25, 0.3) is 0 Å². The summed E-state index contributed by atoms with van der Waals surface area (Å²) in [6.45, 7) is 8.15. The first-order valence-electron chi connectivity index (χ1n) is 5.58. The third-order valence-corrected chi connectivity index (χ3v) is 1.89. The summed E-state index contributed by atoms with van der Waals surface area (Å²) in [5.74, 6) is -0.817. The van der Waals surface area contributed by atoms with Crippen molar-refractivity contribution >= 4 is 5.97 Å². The monoisotopic (exact) mass is 252 g/mol. The summed E-state index contributed by atoms with van der Waals surface area (Å²) >= 11 is 0. The fraction of sp³-hybridized carbons (Fsp3) is 0.357. The van der Waals surface area contributed by atoms with Crippen molar-refractivity contribution in [3.63, 3.8) is 0 Å². The molecule has 0 aromatic heterocycles. The Morgan fingerprint density at radius 2 is 1.94 bits per heavy atom. The molecule has 0 N–H and O–H groups in total. The van der Waals surface area contributed by atoms with E-state index in [2.05, 4.69) is 6.58 Å². The van der Waals surface area contributed by atoms with Crippen LogP contribution in [0.3, 0.4) is 0 Å². The zero-order valence-corrected chi connectivity index (χ0v) is 10.8. The quantitative estimate of drug-likeness (QED) is 0.769. The van der Waals surface area contributed by atoms with Crippen molar-refractivity contribution in [1.29, 1.82) is 0 Å². The molecule has 0 aliphatic heterocycles. The first-order valence-corrected chi connectivity index (χ1v) is 5.58. The number of benzene rings is 1. The van der Waals surface area contributed by atoms with E-state index >= 15 is 0 Å². The lowest BCUT2D eigenvalue weighted by Crippen LogP contribution is -2.24. The molecule has 98 valence electrons. The Labute approximate surface area is 106 Å². The van der Waals surface area contributed by atoms with E-state index in [4.69, 9.17) is 9.47 Å². The van der Waals surface area contributed by atoms with Gasteiger partial charge in [0, 0.05) is 0 Å². The van der Waals surface area contributed by atoms with Crippen molar-refractivity contribution in [2.24, 2.45) is 0 Å². The predicted molar refractivity (Wildman–Crippen MR) is 67.4 cm³/mol. The van der Waals surface area contributed by atoms with Gasteiger partial charge in [0.25, 0.3) is 0 Å². The van der Waals surface area contributed by atoms with E-state index in [1.165, 1.54) is 0 Å². The lowest BCUT2D eigenvalue weighted by molar-refractivity contribution is 0.00659. The maximum atomic E-state index is 12.6. The minimum atomic E-state index is -0.603. The molecule has 0 unspecified atom stereocenters. The van der Waals surface area contributed by atoms with E-state index < -0.39 is 17.4 Å². The number of hydrogen-bond acceptors (Lipinski definition) is 3. The van der Waals surface area contributed by atoms with Gasteiger partial charge in [0.2, 0.25) is 0 Å². The molecule has 1 aromatic rings. The van der Waals surface area contributed by atoms with E-state index in [9.17, 15) is 9.18 Å². The molecule has 0 aliphatic carbocycles. The van der Waals surface area contributed by atoms with Crippen molar-refractivity contribution < 1.29 is 18.7 Å². The van der Waals surface area contributed by atoms with Crippen LogP contribution in [0.1, 0.15) is 31.1 Å². The average Bonchev–Trinajstić information content (AvgIpc) is 2.24. The van der Waals surface area contributed by atoms with Gasteiger partial charge in [0.05, 0.1) is 0 Å². The molecule has 0 aliphatic rings. The predicted octanol–water partition coefficient (Wildman–Crippen LogP) is 3.50. The highest BCUT2D eigenvalue weighted by molar-refractivity contribution is 5.92. The minimum Gasteiger partial charge on any atom is -0.486 e. The van der Waals surface area contributed by atoms with Gasteiger partial charge in [-0.15, -0.1) is 0 Å². The molecular weight excluding hydrogens is 235 g/mol. The zero-order valence-electron chi connectivity index (χ0n) is 10.8. The topological polar surface area (TPSA) is 35.5 Å². The Bertz CT molecular complexity index is 447. The first kappa shape index (κ1) is 14.2. The lowest BCUT2D eigenvalue weighted by atomic mass is 10.1. The van der Waals surface area contributed by atoms with E-state index in [1.807, 2.05) is 0 Å². The second-order valence-corrected chi connectivity index (χ2v) is 4.80. The highest BCUT2D eigenvalue weighted by atomic mass is 19.1. The zero-order chi connectivity index (χ0) is 13.8. The minimum absolute atomic E-state index is 0.272. The van der Waals surface area contributed by atoms with Gasteiger partial charge in [-0.05, 0) is 32.9 Å². The van der Waals surface area contributed by atoms with E-state index in [-0.39, 0.29) is 17.9 Å². The maximum absolute atomic E-state index is 12.6. The molecule has 18 heavy (non-hydrogen) atoms. The van der Waals surface area contributed by atoms with Crippen LogP contribution >= 0.6 is 0 Å². The molecule has 0 amide bonds. The highest BCUT2D eigenvalue weighted by Gasteiger charge is 2.20. The second kappa shape index (κ2) is 5.67. The molecular formula is C14H17FO3. The maximum Gasteiger partial charge on any atom is 0.342 e. The molecule has 1 aromatic carbocycles. The van der Waals surface area contributed by atoms with Gasteiger partial charge in [-0.25, -0.2) is 9.18 Å². The van der Waals surface area contributed by atoms with Gasteiger partial charge in [0.15, 0.2) is 0 Å². The fourth-order valence-electron chi connectivity index (χ4n) is 1.25. The molecule has 0 bridgehead atoms. The summed E-state index contributed by atoms with van der Waals surface area (Å²) < 4.78 is 23.0. The number of para-hydroxylation sites is 1. The molecule has 0 saturated heterocycles. The van der Waals surface area contributed by atoms with Gasteiger partial charge in [-0.1, -0.05) is 18.7 Å². The largest absolute Gasteiger partial charge is 0.486 e. The van der Waals surface area contributed by atoms with Gasteiger partial charge < -0.3 is 9.47 Å². The van der Waals surface area contributed by atoms with Crippen LogP contribution in [0.2, 0.25) is 0 Å². The summed E-state index contributed by atoms with van der Waals surface area (Å²) in [7, 11) is 0. The molecule has 0 atom stereocenters. The molecule has 0 heterocycles. The molecule has 0 fully saturated rings. The number of halogens is 1. The van der Waals surface area contributed by atoms with Crippen LogP contribution in [0.15, 0.2) is 36.7 Å². The molecule has 3 nitrogen and oxygen atoms in total. The Balaban J connectivity index is 2.87. The number of rotatable bonds is 4. The standard InChI is InChI=1S/C14H17FO3/c1-10(15)9-17-12-8-6-5-7-11(12)13(16)18-14(2,3)4/h5-8H,1,9H2,2-4H3. The molecule has 0 spiro atoms. The summed E-state index contributed by atoms with van der Waals surface area (Å²) in [6, 6.07) is 6.55. The third-order valence-electron chi connectivity index (χ3n) is 1.89. The molecule has 1 rings (SSSR count). The van der Waals surface area contributed by atoms with Gasteiger partial charge in [-0.2, -0.15) is 0 Å². The number of hydrogen-bond donors (Lipinski definition) is 0. The van der Waals surface area contributed by atoms with Gasteiger partial charge in [-0.3, -0.25) is 0 Å². The number of carbonyl (C=O) groups excluding carboxylic acids is 1. The fourth-order valence-corrected chi connectivity index (χ4v) is 1.25. The Morgan fingerprint density at radius 1 is 1.33 bits per heavy atom. The van der Waals surface area contributed by atoms with Gasteiger partial charge >= 0.3 is 5.97 Å². The second-order valence-electron chi connectivity index (χ2n) is 4.80. The van der Waals surface area contributed by atoms with Crippen molar-refractivity contribution in [2.75, 3.05) is 6.61 Å².